The minimum absolute atomic E-state index is 0.198. The van der Waals surface area contributed by atoms with Crippen molar-refractivity contribution >= 4 is 28.1 Å². The molecule has 0 amide bonds. The lowest BCUT2D eigenvalue weighted by Crippen LogP contribution is -2.22. The Morgan fingerprint density at radius 2 is 1.81 bits per heavy atom. The number of fused-ring (bicyclic) bond motifs is 1. The molecule has 0 saturated carbocycles. The molecule has 0 aliphatic rings. The predicted molar refractivity (Wildman–Crippen MR) is 150 cm³/mol. The van der Waals surface area contributed by atoms with Gasteiger partial charge in [-0.05, 0) is 37.6 Å². The molecule has 0 spiro atoms. The summed E-state index contributed by atoms with van der Waals surface area (Å²) in [5.41, 5.74) is 2.16. The minimum atomic E-state index is -0.198. The average molecular weight is 524 g/mol. The van der Waals surface area contributed by atoms with E-state index < -0.39 is 0 Å². The fourth-order valence-electron chi connectivity index (χ4n) is 4.39. The Bertz CT molecular complexity index is 1420. The maximum absolute atomic E-state index is 5.70. The zero-order valence-corrected chi connectivity index (χ0v) is 23.9. The number of ether oxygens (including phenoxy) is 3. The summed E-state index contributed by atoms with van der Waals surface area (Å²) < 4.78 is 18.6. The van der Waals surface area contributed by atoms with Crippen molar-refractivity contribution in [3.8, 4) is 28.6 Å². The maximum atomic E-state index is 5.70. The number of hydrogen-bond donors (Lipinski definition) is 0. The standard InChI is InChI=1S/C28H37N5O3S/c1-9-11-14-32(10-2)23-13-12-19(37-23)17-21-25(28(3,4)5)31-33-26(29-30-27(21)33)20-15-18(34-6)16-22(35-7)24(20)36-8/h12-13,15-17H,9-11,14H2,1-8H3. The van der Waals surface area contributed by atoms with Gasteiger partial charge in [0.05, 0.1) is 37.6 Å². The van der Waals surface area contributed by atoms with Crippen LogP contribution < -0.4 is 24.3 Å². The number of methoxy groups -OCH3 is 3. The van der Waals surface area contributed by atoms with Gasteiger partial charge in [0.1, 0.15) is 5.75 Å². The SMILES string of the molecule is CCCCN(CC)c1ccc(C=c2c(C(C)(C)C)nn3c(-c4cc(OC)cc(OC)c4OC)nnc23)s1. The summed E-state index contributed by atoms with van der Waals surface area (Å²) in [4.78, 5) is 3.60. The average Bonchev–Trinajstić information content (AvgIpc) is 3.60. The van der Waals surface area contributed by atoms with Crippen molar-refractivity contribution in [3.63, 3.8) is 0 Å². The first-order valence-electron chi connectivity index (χ1n) is 12.7. The van der Waals surface area contributed by atoms with Crippen LogP contribution in [0, 0.1) is 0 Å². The number of benzene rings is 1. The van der Waals surface area contributed by atoms with Gasteiger partial charge in [0.15, 0.2) is 23.0 Å². The first-order chi connectivity index (χ1) is 17.7. The molecule has 0 aliphatic heterocycles. The van der Waals surface area contributed by atoms with Crippen LogP contribution in [0.1, 0.15) is 58.0 Å². The van der Waals surface area contributed by atoms with Crippen molar-refractivity contribution in [2.75, 3.05) is 39.3 Å². The quantitative estimate of drug-likeness (QED) is 0.277. The first-order valence-corrected chi connectivity index (χ1v) is 13.5. The number of aromatic nitrogens is 4. The summed E-state index contributed by atoms with van der Waals surface area (Å²) in [5.74, 6) is 2.31. The topological polar surface area (TPSA) is 74.0 Å². The van der Waals surface area contributed by atoms with Gasteiger partial charge in [0, 0.05) is 34.7 Å². The van der Waals surface area contributed by atoms with Crippen LogP contribution in [0.3, 0.4) is 0 Å². The monoisotopic (exact) mass is 523 g/mol. The first kappa shape index (κ1) is 26.7. The van der Waals surface area contributed by atoms with E-state index in [1.54, 1.807) is 43.2 Å². The smallest absolute Gasteiger partial charge is 0.189 e. The van der Waals surface area contributed by atoms with Crippen LogP contribution >= 0.6 is 11.3 Å². The van der Waals surface area contributed by atoms with Crippen LogP contribution in [0.4, 0.5) is 5.00 Å². The number of anilines is 1. The summed E-state index contributed by atoms with van der Waals surface area (Å²) in [6.45, 7) is 13.0. The van der Waals surface area contributed by atoms with Crippen molar-refractivity contribution in [3.05, 3.63) is 40.1 Å². The molecule has 0 N–H and O–H groups in total. The molecular weight excluding hydrogens is 486 g/mol. The summed E-state index contributed by atoms with van der Waals surface area (Å²) >= 11 is 1.79. The third-order valence-corrected chi connectivity index (χ3v) is 7.44. The Kier molecular flexibility index (Phi) is 7.92. The third kappa shape index (κ3) is 5.23. The van der Waals surface area contributed by atoms with E-state index >= 15 is 0 Å². The summed E-state index contributed by atoms with van der Waals surface area (Å²) in [6, 6.07) is 8.04. The highest BCUT2D eigenvalue weighted by molar-refractivity contribution is 7.16. The molecule has 9 heteroatoms. The Labute approximate surface area is 222 Å². The Morgan fingerprint density at radius 3 is 2.43 bits per heavy atom. The van der Waals surface area contributed by atoms with Crippen molar-refractivity contribution < 1.29 is 14.2 Å². The molecule has 4 rings (SSSR count). The lowest BCUT2D eigenvalue weighted by atomic mass is 9.91. The molecule has 4 aromatic rings. The number of hydrogen-bond acceptors (Lipinski definition) is 8. The number of rotatable bonds is 10. The van der Waals surface area contributed by atoms with Gasteiger partial charge in [-0.25, -0.2) is 0 Å². The zero-order valence-electron chi connectivity index (χ0n) is 23.1. The zero-order chi connectivity index (χ0) is 26.7. The largest absolute Gasteiger partial charge is 0.497 e. The van der Waals surface area contributed by atoms with Crippen LogP contribution in [0.5, 0.6) is 17.2 Å². The molecule has 0 radical (unpaired) electrons. The molecule has 8 nitrogen and oxygen atoms in total. The lowest BCUT2D eigenvalue weighted by molar-refractivity contribution is 0.350. The van der Waals surface area contributed by atoms with Crippen molar-refractivity contribution in [1.29, 1.82) is 0 Å². The fourth-order valence-corrected chi connectivity index (χ4v) is 5.43. The second kappa shape index (κ2) is 11.0. The Morgan fingerprint density at radius 1 is 1.03 bits per heavy atom. The van der Waals surface area contributed by atoms with E-state index in [-0.39, 0.29) is 5.41 Å². The Hall–Kier alpha value is -3.33. The van der Waals surface area contributed by atoms with Crippen LogP contribution in [0.2, 0.25) is 0 Å². The molecule has 3 aromatic heterocycles. The molecule has 0 unspecified atom stereocenters. The van der Waals surface area contributed by atoms with Crippen LogP contribution in [-0.2, 0) is 5.41 Å². The predicted octanol–water partition coefficient (Wildman–Crippen LogP) is 5.35. The fraction of sp³-hybridized carbons (Fsp3) is 0.464. The highest BCUT2D eigenvalue weighted by Gasteiger charge is 2.26. The van der Waals surface area contributed by atoms with Gasteiger partial charge < -0.3 is 19.1 Å². The number of nitrogens with zero attached hydrogens (tertiary/aromatic N) is 5. The molecule has 0 bridgehead atoms. The highest BCUT2D eigenvalue weighted by Crippen LogP contribution is 2.41. The molecule has 198 valence electrons. The van der Waals surface area contributed by atoms with Crippen LogP contribution in [-0.4, -0.2) is 54.2 Å². The van der Waals surface area contributed by atoms with E-state index in [9.17, 15) is 0 Å². The third-order valence-electron chi connectivity index (χ3n) is 6.35. The maximum Gasteiger partial charge on any atom is 0.189 e. The summed E-state index contributed by atoms with van der Waals surface area (Å²) in [5, 5.41) is 16.4. The summed E-state index contributed by atoms with van der Waals surface area (Å²) in [6.07, 6.45) is 4.56. The minimum Gasteiger partial charge on any atom is -0.497 e. The number of unbranched alkanes of at least 4 members (excludes halogenated alkanes) is 1. The molecule has 0 aliphatic carbocycles. The van der Waals surface area contributed by atoms with Gasteiger partial charge in [-0.3, -0.25) is 0 Å². The Balaban J connectivity index is 1.89. The second-order valence-corrected chi connectivity index (χ2v) is 11.0. The van der Waals surface area contributed by atoms with Crippen LogP contribution in [0.15, 0.2) is 24.3 Å². The van der Waals surface area contributed by atoms with Gasteiger partial charge in [-0.2, -0.15) is 9.61 Å². The van der Waals surface area contributed by atoms with E-state index in [4.69, 9.17) is 19.3 Å². The van der Waals surface area contributed by atoms with E-state index in [1.807, 2.05) is 6.07 Å². The highest BCUT2D eigenvalue weighted by atomic mass is 32.1. The van der Waals surface area contributed by atoms with Gasteiger partial charge in [0.2, 0.25) is 0 Å². The van der Waals surface area contributed by atoms with Crippen molar-refractivity contribution in [2.45, 2.75) is 52.9 Å². The molecule has 37 heavy (non-hydrogen) atoms. The molecule has 1 aromatic carbocycles. The number of thiophene rings is 1. The second-order valence-electron chi connectivity index (χ2n) is 9.94. The lowest BCUT2D eigenvalue weighted by Gasteiger charge is -2.20. The van der Waals surface area contributed by atoms with Gasteiger partial charge in [-0.1, -0.05) is 34.1 Å². The molecule has 3 heterocycles. The molecule has 0 fully saturated rings. The molecule has 0 atom stereocenters. The normalized spacial score (nSPS) is 12.4. The molecular formula is C28H37N5O3S. The van der Waals surface area contributed by atoms with E-state index in [0.29, 0.717) is 34.3 Å². The van der Waals surface area contributed by atoms with Crippen molar-refractivity contribution in [2.24, 2.45) is 0 Å². The van der Waals surface area contributed by atoms with Gasteiger partial charge in [-0.15, -0.1) is 21.5 Å². The summed E-state index contributed by atoms with van der Waals surface area (Å²) in [7, 11) is 4.83. The van der Waals surface area contributed by atoms with Crippen molar-refractivity contribution in [1.82, 2.24) is 19.8 Å². The van der Waals surface area contributed by atoms with E-state index in [0.717, 1.165) is 28.9 Å². The van der Waals surface area contributed by atoms with E-state index in [1.165, 1.54) is 17.8 Å². The molecule has 0 saturated heterocycles. The van der Waals surface area contributed by atoms with Gasteiger partial charge in [0.25, 0.3) is 0 Å². The van der Waals surface area contributed by atoms with Gasteiger partial charge >= 0.3 is 0 Å². The van der Waals surface area contributed by atoms with E-state index in [2.05, 4.69) is 67.9 Å². The van der Waals surface area contributed by atoms with Crippen LogP contribution in [0.25, 0.3) is 23.1 Å².